The number of carbonyl (C=O) groups is 1. The molecule has 0 atom stereocenters. The summed E-state index contributed by atoms with van der Waals surface area (Å²) in [6.07, 6.45) is 3.64. The molecule has 2 aromatic heterocycles. The lowest BCUT2D eigenvalue weighted by Crippen LogP contribution is -2.13. The van der Waals surface area contributed by atoms with Gasteiger partial charge in [0.15, 0.2) is 5.76 Å². The highest BCUT2D eigenvalue weighted by molar-refractivity contribution is 6.06. The van der Waals surface area contributed by atoms with E-state index in [1.807, 2.05) is 65.5 Å². The molecule has 4 rings (SSSR count). The molecule has 2 heterocycles. The van der Waals surface area contributed by atoms with Crippen LogP contribution in [-0.2, 0) is 17.9 Å². The van der Waals surface area contributed by atoms with Gasteiger partial charge in [-0.1, -0.05) is 30.3 Å². The highest BCUT2D eigenvalue weighted by Gasteiger charge is 2.20. The van der Waals surface area contributed by atoms with Crippen molar-refractivity contribution in [2.24, 2.45) is 0 Å². The van der Waals surface area contributed by atoms with Crippen molar-refractivity contribution in [1.82, 2.24) is 9.78 Å². The molecule has 6 heteroatoms. The maximum Gasteiger partial charge on any atom is 0.291 e. The molecule has 1 N–H and O–H groups in total. The van der Waals surface area contributed by atoms with E-state index >= 15 is 0 Å². The van der Waals surface area contributed by atoms with Crippen LogP contribution < -0.4 is 5.32 Å². The molecule has 0 spiro atoms. The molecule has 0 aliphatic rings. The average molecular weight is 361 g/mol. The van der Waals surface area contributed by atoms with E-state index in [9.17, 15) is 4.79 Å². The van der Waals surface area contributed by atoms with E-state index in [0.717, 1.165) is 16.5 Å². The van der Waals surface area contributed by atoms with Gasteiger partial charge < -0.3 is 14.5 Å². The van der Waals surface area contributed by atoms with E-state index in [1.54, 1.807) is 13.3 Å². The molecule has 4 aromatic rings. The lowest BCUT2D eigenvalue weighted by molar-refractivity contribution is 0.0992. The predicted octanol–water partition coefficient (Wildman–Crippen LogP) is 4.08. The number of ether oxygens (including phenoxy) is 1. The van der Waals surface area contributed by atoms with E-state index in [4.69, 9.17) is 9.15 Å². The molecule has 136 valence electrons. The van der Waals surface area contributed by atoms with Crippen molar-refractivity contribution in [3.05, 3.63) is 83.9 Å². The summed E-state index contributed by atoms with van der Waals surface area (Å²) in [4.78, 5) is 12.8. The van der Waals surface area contributed by atoms with Crippen molar-refractivity contribution in [3.63, 3.8) is 0 Å². The zero-order valence-corrected chi connectivity index (χ0v) is 14.9. The number of methoxy groups -OCH3 is 1. The molecular formula is C21H19N3O3. The van der Waals surface area contributed by atoms with E-state index in [0.29, 0.717) is 24.4 Å². The number of aromatic nitrogens is 2. The van der Waals surface area contributed by atoms with Gasteiger partial charge in [-0.15, -0.1) is 0 Å². The Balaban J connectivity index is 1.59. The highest BCUT2D eigenvalue weighted by Crippen LogP contribution is 2.27. The van der Waals surface area contributed by atoms with Crippen LogP contribution in [0.1, 0.15) is 21.7 Å². The normalized spacial score (nSPS) is 11.0. The SMILES string of the molecule is COCc1c(C(=O)Nc2cccc(Cn3cccn3)c2)oc2ccccc12. The smallest absolute Gasteiger partial charge is 0.291 e. The van der Waals surface area contributed by atoms with Gasteiger partial charge in [-0.3, -0.25) is 9.48 Å². The number of carbonyl (C=O) groups excluding carboxylic acids is 1. The zero-order valence-electron chi connectivity index (χ0n) is 14.9. The molecule has 0 unspecified atom stereocenters. The maximum atomic E-state index is 12.8. The lowest BCUT2D eigenvalue weighted by Gasteiger charge is -2.08. The molecular weight excluding hydrogens is 342 g/mol. The van der Waals surface area contributed by atoms with Crippen LogP contribution in [-0.4, -0.2) is 22.8 Å². The Kier molecular flexibility index (Phi) is 4.72. The van der Waals surface area contributed by atoms with Gasteiger partial charge in [0.05, 0.1) is 13.2 Å². The number of fused-ring (bicyclic) bond motifs is 1. The van der Waals surface area contributed by atoms with Gasteiger partial charge in [0.25, 0.3) is 5.91 Å². The number of anilines is 1. The highest BCUT2D eigenvalue weighted by atomic mass is 16.5. The second-order valence-electron chi connectivity index (χ2n) is 6.20. The van der Waals surface area contributed by atoms with E-state index in [1.165, 1.54) is 0 Å². The third-order valence-corrected chi connectivity index (χ3v) is 4.28. The summed E-state index contributed by atoms with van der Waals surface area (Å²) in [6.45, 7) is 0.940. The van der Waals surface area contributed by atoms with Crippen LogP contribution in [0.5, 0.6) is 0 Å². The van der Waals surface area contributed by atoms with Gasteiger partial charge in [-0.25, -0.2) is 0 Å². The van der Waals surface area contributed by atoms with Crippen molar-refractivity contribution in [3.8, 4) is 0 Å². The fourth-order valence-electron chi connectivity index (χ4n) is 3.09. The number of amides is 1. The number of nitrogens with one attached hydrogen (secondary N) is 1. The summed E-state index contributed by atoms with van der Waals surface area (Å²) in [5, 5.41) is 8.01. The molecule has 1 amide bonds. The van der Waals surface area contributed by atoms with Gasteiger partial charge in [-0.05, 0) is 29.8 Å². The number of hydrogen-bond donors (Lipinski definition) is 1. The lowest BCUT2D eigenvalue weighted by atomic mass is 10.1. The number of para-hydroxylation sites is 1. The van der Waals surface area contributed by atoms with Gasteiger partial charge >= 0.3 is 0 Å². The molecule has 0 fully saturated rings. The second-order valence-corrected chi connectivity index (χ2v) is 6.20. The second kappa shape index (κ2) is 7.47. The van der Waals surface area contributed by atoms with Gasteiger partial charge in [0.1, 0.15) is 5.58 Å². The molecule has 0 aliphatic carbocycles. The van der Waals surface area contributed by atoms with Crippen LogP contribution in [0.4, 0.5) is 5.69 Å². The van der Waals surface area contributed by atoms with Crippen LogP contribution in [0.2, 0.25) is 0 Å². The fraction of sp³-hybridized carbons (Fsp3) is 0.143. The zero-order chi connectivity index (χ0) is 18.6. The molecule has 6 nitrogen and oxygen atoms in total. The first-order chi connectivity index (χ1) is 13.2. The maximum absolute atomic E-state index is 12.8. The largest absolute Gasteiger partial charge is 0.451 e. The summed E-state index contributed by atoms with van der Waals surface area (Å²) >= 11 is 0. The van der Waals surface area contributed by atoms with Crippen LogP contribution >= 0.6 is 0 Å². The van der Waals surface area contributed by atoms with Crippen LogP contribution in [0.15, 0.2) is 71.4 Å². The number of benzene rings is 2. The Hall–Kier alpha value is -3.38. The minimum atomic E-state index is -0.297. The first-order valence-corrected chi connectivity index (χ1v) is 8.61. The molecule has 2 aromatic carbocycles. The number of hydrogen-bond acceptors (Lipinski definition) is 4. The van der Waals surface area contributed by atoms with E-state index < -0.39 is 0 Å². The molecule has 0 saturated carbocycles. The van der Waals surface area contributed by atoms with E-state index in [-0.39, 0.29) is 11.7 Å². The van der Waals surface area contributed by atoms with Gasteiger partial charge in [0, 0.05) is 36.1 Å². The molecule has 0 radical (unpaired) electrons. The molecule has 0 aliphatic heterocycles. The monoisotopic (exact) mass is 361 g/mol. The number of rotatable bonds is 6. The summed E-state index contributed by atoms with van der Waals surface area (Å²) in [5.41, 5.74) is 3.16. The van der Waals surface area contributed by atoms with Crippen molar-refractivity contribution >= 4 is 22.6 Å². The Morgan fingerprint density at radius 1 is 1.19 bits per heavy atom. The first kappa shape index (κ1) is 17.1. The quantitative estimate of drug-likeness (QED) is 0.562. The average Bonchev–Trinajstić information content (AvgIpc) is 3.31. The summed E-state index contributed by atoms with van der Waals surface area (Å²) in [6, 6.07) is 17.1. The number of furan rings is 1. The van der Waals surface area contributed by atoms with E-state index in [2.05, 4.69) is 10.4 Å². The topological polar surface area (TPSA) is 69.3 Å². The Bertz CT molecular complexity index is 1070. The van der Waals surface area contributed by atoms with Crippen molar-refractivity contribution in [2.75, 3.05) is 12.4 Å². The first-order valence-electron chi connectivity index (χ1n) is 8.61. The van der Waals surface area contributed by atoms with Crippen molar-refractivity contribution in [2.45, 2.75) is 13.2 Å². The fourth-order valence-corrected chi connectivity index (χ4v) is 3.09. The minimum absolute atomic E-state index is 0.274. The van der Waals surface area contributed by atoms with Crippen molar-refractivity contribution < 1.29 is 13.9 Å². The Morgan fingerprint density at radius 2 is 2.07 bits per heavy atom. The third-order valence-electron chi connectivity index (χ3n) is 4.28. The molecule has 0 bridgehead atoms. The van der Waals surface area contributed by atoms with Gasteiger partial charge in [-0.2, -0.15) is 5.10 Å². The summed E-state index contributed by atoms with van der Waals surface area (Å²) in [5.74, 6) is -0.0231. The summed E-state index contributed by atoms with van der Waals surface area (Å²) < 4.78 is 12.9. The molecule has 27 heavy (non-hydrogen) atoms. The van der Waals surface area contributed by atoms with Crippen LogP contribution in [0, 0.1) is 0 Å². The van der Waals surface area contributed by atoms with Crippen LogP contribution in [0.25, 0.3) is 11.0 Å². The Labute approximate surface area is 156 Å². The molecule has 0 saturated heterocycles. The number of nitrogens with zero attached hydrogens (tertiary/aromatic N) is 2. The minimum Gasteiger partial charge on any atom is -0.451 e. The Morgan fingerprint density at radius 3 is 2.89 bits per heavy atom. The standard InChI is InChI=1S/C21H19N3O3/c1-26-14-18-17-8-2-3-9-19(17)27-20(18)21(25)23-16-7-4-6-15(12-16)13-24-11-5-10-22-24/h2-12H,13-14H2,1H3,(H,23,25). The van der Waals surface area contributed by atoms with Gasteiger partial charge in [0.2, 0.25) is 0 Å². The summed E-state index contributed by atoms with van der Waals surface area (Å²) in [7, 11) is 1.60. The van der Waals surface area contributed by atoms with Crippen LogP contribution in [0.3, 0.4) is 0 Å². The predicted molar refractivity (Wildman–Crippen MR) is 103 cm³/mol. The third kappa shape index (κ3) is 3.61. The van der Waals surface area contributed by atoms with Crippen molar-refractivity contribution in [1.29, 1.82) is 0 Å².